The average molecular weight is 756 g/mol. The van der Waals surface area contributed by atoms with Crippen molar-refractivity contribution in [2.75, 3.05) is 19.8 Å². The van der Waals surface area contributed by atoms with Gasteiger partial charge in [-0.3, -0.25) is 0 Å². The van der Waals surface area contributed by atoms with Crippen LogP contribution in [0.2, 0.25) is 0 Å². The molecule has 0 aromatic heterocycles. The molecule has 0 aliphatic carbocycles. The van der Waals surface area contributed by atoms with Crippen molar-refractivity contribution in [3.8, 4) is 0 Å². The number of hydrogen-bond acceptors (Lipinski definition) is 4. The van der Waals surface area contributed by atoms with Crippen LogP contribution in [0.15, 0.2) is 0 Å². The highest BCUT2D eigenvalue weighted by Crippen LogP contribution is 2.51. The fourth-order valence-corrected chi connectivity index (χ4v) is 4.27. The second-order valence-electron chi connectivity index (χ2n) is 4.92. The highest BCUT2D eigenvalue weighted by molar-refractivity contribution is 9.13. The monoisotopic (exact) mass is 750 g/mol. The first-order valence-corrected chi connectivity index (χ1v) is 14.9. The third-order valence-corrected chi connectivity index (χ3v) is 12.2. The Morgan fingerprint density at radius 3 is 1.04 bits per heavy atom. The van der Waals surface area contributed by atoms with E-state index in [9.17, 15) is 0 Å². The van der Waals surface area contributed by atoms with Gasteiger partial charge in [-0.2, -0.15) is 0 Å². The Hall–Kier alpha value is 3.41. The van der Waals surface area contributed by atoms with E-state index in [1.165, 1.54) is 0 Å². The minimum atomic E-state index is -2.82. The van der Waals surface area contributed by atoms with Crippen molar-refractivity contribution in [2.45, 2.75) is 49.7 Å². The van der Waals surface area contributed by atoms with E-state index in [-0.39, 0.29) is 29.0 Å². The van der Waals surface area contributed by atoms with Crippen molar-refractivity contribution in [3.63, 3.8) is 0 Å². The minimum Gasteiger partial charge on any atom is -0.307 e. The average Bonchev–Trinajstić information content (AvgIpc) is 2.47. The van der Waals surface area contributed by atoms with Crippen LogP contribution in [-0.4, -0.2) is 48.8 Å². The molecule has 0 spiro atoms. The molecule has 0 aromatic rings. The second-order valence-corrected chi connectivity index (χ2v) is 15.8. The predicted octanol–water partition coefficient (Wildman–Crippen LogP) is 6.90. The van der Waals surface area contributed by atoms with Gasteiger partial charge < -0.3 is 13.6 Å². The summed E-state index contributed by atoms with van der Waals surface area (Å²) in [6.45, 7) is 4.54. The van der Waals surface area contributed by atoms with E-state index in [1.54, 1.807) is 0 Å². The number of hydrogen-bond donors (Lipinski definition) is 0. The van der Waals surface area contributed by atoms with E-state index in [4.69, 9.17) is 25.4 Å². The first-order chi connectivity index (χ1) is 10.5. The zero-order valence-electron chi connectivity index (χ0n) is 12.9. The summed E-state index contributed by atoms with van der Waals surface area (Å²) in [7, 11) is 0. The zero-order chi connectivity index (χ0) is 18.2. The van der Waals surface area contributed by atoms with E-state index in [2.05, 4.69) is 95.6 Å². The Kier molecular flexibility index (Phi) is 15.6. The van der Waals surface area contributed by atoms with Gasteiger partial charge in [-0.05, 0) is 11.8 Å². The van der Waals surface area contributed by atoms with Crippen LogP contribution in [0.1, 0.15) is 20.8 Å². The molecule has 6 unspecified atom stereocenters. The lowest BCUT2D eigenvalue weighted by Gasteiger charge is -2.26. The molecule has 140 valence electrons. The standard InChI is InChI=1S/C12H21Br6O3PS/c1-7(13)10(16)4-19-22(23,20-5-11(17)8(2)14)21-6-12(18)9(3)15/h7-12H,4-6H2,1-3H3. The molecule has 0 rings (SSSR count). The molecular formula is C12H21Br6O3PS. The molecule has 0 amide bonds. The van der Waals surface area contributed by atoms with Gasteiger partial charge in [-0.15, -0.1) is 0 Å². The zero-order valence-corrected chi connectivity index (χ0v) is 24.2. The minimum absolute atomic E-state index is 0.127. The summed E-state index contributed by atoms with van der Waals surface area (Å²) in [5, 5.41) is 0. The van der Waals surface area contributed by atoms with Crippen LogP contribution in [0.5, 0.6) is 0 Å². The van der Waals surface area contributed by atoms with Gasteiger partial charge in [0.25, 0.3) is 0 Å². The lowest BCUT2D eigenvalue weighted by atomic mass is 10.4. The lowest BCUT2D eigenvalue weighted by Crippen LogP contribution is -2.22. The highest BCUT2D eigenvalue weighted by Gasteiger charge is 2.27. The van der Waals surface area contributed by atoms with Crippen LogP contribution in [-0.2, 0) is 25.4 Å². The quantitative estimate of drug-likeness (QED) is 0.160. The molecule has 3 nitrogen and oxygen atoms in total. The first-order valence-electron chi connectivity index (χ1n) is 6.86. The molecule has 0 radical (unpaired) electrons. The van der Waals surface area contributed by atoms with Gasteiger partial charge in [0.1, 0.15) is 0 Å². The van der Waals surface area contributed by atoms with Crippen molar-refractivity contribution in [1.82, 2.24) is 0 Å². The Morgan fingerprint density at radius 1 is 0.652 bits per heavy atom. The number of halogens is 6. The Morgan fingerprint density at radius 2 is 0.870 bits per heavy atom. The molecule has 0 saturated carbocycles. The summed E-state index contributed by atoms with van der Waals surface area (Å²) in [5.41, 5.74) is 0. The van der Waals surface area contributed by atoms with Crippen LogP contribution in [0.25, 0.3) is 0 Å². The maximum atomic E-state index is 5.85. The predicted molar refractivity (Wildman–Crippen MR) is 125 cm³/mol. The van der Waals surface area contributed by atoms with Gasteiger partial charge >= 0.3 is 6.72 Å². The van der Waals surface area contributed by atoms with E-state index in [0.29, 0.717) is 19.8 Å². The van der Waals surface area contributed by atoms with Gasteiger partial charge in [0.05, 0.1) is 34.3 Å². The normalized spacial score (nSPS) is 22.7. The highest BCUT2D eigenvalue weighted by atomic mass is 79.9. The maximum Gasteiger partial charge on any atom is 0.327 e. The summed E-state index contributed by atoms with van der Waals surface area (Å²) >= 11 is 26.8. The number of alkyl halides is 6. The summed E-state index contributed by atoms with van der Waals surface area (Å²) in [4.78, 5) is 1.14. The Labute approximate surface area is 195 Å². The molecule has 0 aromatic carbocycles. The van der Waals surface area contributed by atoms with Gasteiger partial charge in [-0.1, -0.05) is 116 Å². The van der Waals surface area contributed by atoms with Crippen molar-refractivity contribution in [2.24, 2.45) is 0 Å². The molecule has 0 aliphatic heterocycles. The van der Waals surface area contributed by atoms with Gasteiger partial charge in [0, 0.05) is 14.5 Å². The fourth-order valence-electron chi connectivity index (χ4n) is 0.997. The van der Waals surface area contributed by atoms with Crippen LogP contribution in [0.4, 0.5) is 0 Å². The largest absolute Gasteiger partial charge is 0.327 e. The van der Waals surface area contributed by atoms with Gasteiger partial charge in [0.2, 0.25) is 0 Å². The molecule has 0 saturated heterocycles. The van der Waals surface area contributed by atoms with E-state index in [1.807, 2.05) is 20.8 Å². The molecule has 0 bridgehead atoms. The maximum absolute atomic E-state index is 5.85. The van der Waals surface area contributed by atoms with Gasteiger partial charge in [0.15, 0.2) is 0 Å². The van der Waals surface area contributed by atoms with Crippen LogP contribution < -0.4 is 0 Å². The fraction of sp³-hybridized carbons (Fsp3) is 1.00. The van der Waals surface area contributed by atoms with Crippen molar-refractivity contribution >= 4 is 114 Å². The summed E-state index contributed by atoms with van der Waals surface area (Å²) in [6.07, 6.45) is 0. The third-order valence-electron chi connectivity index (χ3n) is 2.67. The molecule has 0 aliphatic rings. The molecule has 0 heterocycles. The summed E-state index contributed by atoms with van der Waals surface area (Å²) in [5.74, 6) is 0. The smallest absolute Gasteiger partial charge is 0.307 e. The Bertz CT molecular complexity index is 322. The van der Waals surface area contributed by atoms with E-state index in [0.717, 1.165) is 0 Å². The van der Waals surface area contributed by atoms with E-state index < -0.39 is 6.72 Å². The molecule has 23 heavy (non-hydrogen) atoms. The van der Waals surface area contributed by atoms with Crippen LogP contribution in [0.3, 0.4) is 0 Å². The molecular weight excluding hydrogens is 735 g/mol. The van der Waals surface area contributed by atoms with Crippen molar-refractivity contribution in [3.05, 3.63) is 0 Å². The van der Waals surface area contributed by atoms with Crippen LogP contribution >= 0.6 is 102 Å². The molecule has 0 fully saturated rings. The van der Waals surface area contributed by atoms with Crippen molar-refractivity contribution < 1.29 is 13.6 Å². The topological polar surface area (TPSA) is 27.7 Å². The second kappa shape index (κ2) is 13.6. The summed E-state index contributed by atoms with van der Waals surface area (Å²) < 4.78 is 17.5. The lowest BCUT2D eigenvalue weighted by molar-refractivity contribution is 0.159. The van der Waals surface area contributed by atoms with Crippen molar-refractivity contribution in [1.29, 1.82) is 0 Å². The van der Waals surface area contributed by atoms with Gasteiger partial charge in [-0.25, -0.2) is 0 Å². The Balaban J connectivity index is 4.72. The SMILES string of the molecule is CC(Br)C(Br)COP(=S)(OCC(Br)C(C)Br)OCC(Br)C(C)Br. The first kappa shape index (κ1) is 26.4. The molecule has 11 heteroatoms. The number of rotatable bonds is 12. The summed E-state index contributed by atoms with van der Waals surface area (Å²) in [6, 6.07) is 0. The van der Waals surface area contributed by atoms with Crippen LogP contribution in [0, 0.1) is 0 Å². The molecule has 6 atom stereocenters. The molecule has 0 N–H and O–H groups in total. The third kappa shape index (κ3) is 12.5. The van der Waals surface area contributed by atoms with E-state index >= 15 is 0 Å².